The van der Waals surface area contributed by atoms with Gasteiger partial charge in [-0.2, -0.15) is 0 Å². The monoisotopic (exact) mass is 356 g/mol. The Morgan fingerprint density at radius 3 is 2.76 bits per heavy atom. The number of unbranched alkanes of at least 4 members (excludes halogenated alkanes) is 1. The number of aromatic nitrogens is 1. The van der Waals surface area contributed by atoms with Crippen LogP contribution < -0.4 is 16.4 Å². The molecule has 0 atom stereocenters. The first-order valence-electron chi connectivity index (χ1n) is 7.00. The zero-order valence-electron chi connectivity index (χ0n) is 12.1. The molecule has 1 aromatic rings. The molecular weight excluding hydrogens is 336 g/mol. The molecule has 21 heavy (non-hydrogen) atoms. The second-order valence-electron chi connectivity index (χ2n) is 4.66. The predicted octanol–water partition coefficient (Wildman–Crippen LogP) is 2.05. The number of pyridine rings is 1. The molecule has 0 spiro atoms. The van der Waals surface area contributed by atoms with Crippen LogP contribution in [0.3, 0.4) is 0 Å². The van der Waals surface area contributed by atoms with Crippen molar-refractivity contribution in [2.24, 2.45) is 5.73 Å². The maximum Gasteiger partial charge on any atom is 0.255 e. The Hall–Kier alpha value is -1.63. The van der Waals surface area contributed by atoms with Crippen LogP contribution >= 0.6 is 15.9 Å². The van der Waals surface area contributed by atoms with E-state index in [-0.39, 0.29) is 11.8 Å². The molecule has 0 saturated heterocycles. The van der Waals surface area contributed by atoms with Gasteiger partial charge in [-0.3, -0.25) is 9.59 Å². The van der Waals surface area contributed by atoms with Gasteiger partial charge in [-0.05, 0) is 41.3 Å². The Morgan fingerprint density at radius 2 is 2.10 bits per heavy atom. The van der Waals surface area contributed by atoms with Gasteiger partial charge in [0, 0.05) is 30.2 Å². The fourth-order valence-electron chi connectivity index (χ4n) is 1.72. The molecule has 1 heterocycles. The number of amides is 2. The van der Waals surface area contributed by atoms with Gasteiger partial charge < -0.3 is 16.4 Å². The average Bonchev–Trinajstić information content (AvgIpc) is 2.45. The molecule has 0 aliphatic rings. The van der Waals surface area contributed by atoms with Crippen LogP contribution in [-0.2, 0) is 4.79 Å². The Bertz CT molecular complexity index is 494. The van der Waals surface area contributed by atoms with Gasteiger partial charge in [0.1, 0.15) is 5.82 Å². The van der Waals surface area contributed by atoms with Gasteiger partial charge >= 0.3 is 0 Å². The third kappa shape index (κ3) is 6.57. The van der Waals surface area contributed by atoms with Gasteiger partial charge in [-0.1, -0.05) is 6.92 Å². The lowest BCUT2D eigenvalue weighted by molar-refractivity contribution is -0.118. The van der Waals surface area contributed by atoms with Crippen molar-refractivity contribution in [3.8, 4) is 0 Å². The summed E-state index contributed by atoms with van der Waals surface area (Å²) in [5, 5.41) is 5.96. The molecule has 116 valence electrons. The SMILES string of the molecule is CCCNc1ncc(Br)cc1C(=O)NCCCCC(N)=O. The largest absolute Gasteiger partial charge is 0.370 e. The fraction of sp³-hybridized carbons (Fsp3) is 0.500. The van der Waals surface area contributed by atoms with E-state index in [1.54, 1.807) is 12.3 Å². The third-order valence-electron chi connectivity index (χ3n) is 2.78. The van der Waals surface area contributed by atoms with Crippen LogP contribution in [0.25, 0.3) is 0 Å². The highest BCUT2D eigenvalue weighted by atomic mass is 79.9. The number of primary amides is 1. The van der Waals surface area contributed by atoms with Crippen LogP contribution in [0.5, 0.6) is 0 Å². The first kappa shape index (κ1) is 17.4. The molecule has 0 aliphatic carbocycles. The Labute approximate surface area is 133 Å². The van der Waals surface area contributed by atoms with Gasteiger partial charge in [-0.15, -0.1) is 0 Å². The summed E-state index contributed by atoms with van der Waals surface area (Å²) in [5.41, 5.74) is 5.57. The maximum atomic E-state index is 12.2. The van der Waals surface area contributed by atoms with Crippen LogP contribution in [0, 0.1) is 0 Å². The first-order valence-corrected chi connectivity index (χ1v) is 7.79. The number of halogens is 1. The third-order valence-corrected chi connectivity index (χ3v) is 3.21. The molecule has 0 aromatic carbocycles. The van der Waals surface area contributed by atoms with Crippen molar-refractivity contribution >= 4 is 33.6 Å². The molecule has 0 fully saturated rings. The van der Waals surface area contributed by atoms with Crippen molar-refractivity contribution in [1.29, 1.82) is 0 Å². The summed E-state index contributed by atoms with van der Waals surface area (Å²) >= 11 is 3.32. The Balaban J connectivity index is 2.55. The number of nitrogens with two attached hydrogens (primary N) is 1. The standard InChI is InChI=1S/C14H21BrN4O2/c1-2-6-17-13-11(8-10(15)9-19-13)14(21)18-7-4-3-5-12(16)20/h8-9H,2-7H2,1H3,(H2,16,20)(H,17,19)(H,18,21). The van der Waals surface area contributed by atoms with Crippen LogP contribution in [0.15, 0.2) is 16.7 Å². The van der Waals surface area contributed by atoms with Crippen LogP contribution in [0.1, 0.15) is 43.0 Å². The van der Waals surface area contributed by atoms with Gasteiger partial charge in [0.05, 0.1) is 5.56 Å². The van der Waals surface area contributed by atoms with E-state index in [0.29, 0.717) is 37.2 Å². The predicted molar refractivity (Wildman–Crippen MR) is 86.1 cm³/mol. The lowest BCUT2D eigenvalue weighted by atomic mass is 10.2. The summed E-state index contributed by atoms with van der Waals surface area (Å²) < 4.78 is 0.753. The number of hydrogen-bond acceptors (Lipinski definition) is 4. The highest BCUT2D eigenvalue weighted by Gasteiger charge is 2.12. The lowest BCUT2D eigenvalue weighted by Gasteiger charge is -2.11. The van der Waals surface area contributed by atoms with Crippen molar-refractivity contribution in [3.63, 3.8) is 0 Å². The van der Waals surface area contributed by atoms with E-state index in [0.717, 1.165) is 17.4 Å². The minimum Gasteiger partial charge on any atom is -0.370 e. The molecule has 2 amide bonds. The first-order chi connectivity index (χ1) is 10.0. The minimum atomic E-state index is -0.316. The lowest BCUT2D eigenvalue weighted by Crippen LogP contribution is -2.26. The summed E-state index contributed by atoms with van der Waals surface area (Å²) in [6.07, 6.45) is 4.34. The molecule has 0 aliphatic heterocycles. The summed E-state index contributed by atoms with van der Waals surface area (Å²) in [4.78, 5) is 27.0. The molecule has 1 aromatic heterocycles. The zero-order chi connectivity index (χ0) is 15.7. The minimum absolute atomic E-state index is 0.179. The molecule has 0 unspecified atom stereocenters. The van der Waals surface area contributed by atoms with Crippen molar-refractivity contribution in [2.45, 2.75) is 32.6 Å². The van der Waals surface area contributed by atoms with E-state index in [4.69, 9.17) is 5.73 Å². The molecule has 7 heteroatoms. The number of nitrogens with zero attached hydrogens (tertiary/aromatic N) is 1. The summed E-state index contributed by atoms with van der Waals surface area (Å²) in [5.74, 6) is 0.0831. The molecular formula is C14H21BrN4O2. The van der Waals surface area contributed by atoms with E-state index >= 15 is 0 Å². The molecule has 0 saturated carbocycles. The summed E-state index contributed by atoms with van der Waals surface area (Å²) in [6, 6.07) is 1.74. The van der Waals surface area contributed by atoms with E-state index < -0.39 is 0 Å². The number of carbonyl (C=O) groups excluding carboxylic acids is 2. The fourth-order valence-corrected chi connectivity index (χ4v) is 2.05. The van der Waals surface area contributed by atoms with Gasteiger partial charge in [0.15, 0.2) is 0 Å². The second kappa shape index (κ2) is 9.33. The van der Waals surface area contributed by atoms with E-state index in [9.17, 15) is 9.59 Å². The number of anilines is 1. The van der Waals surface area contributed by atoms with Crippen molar-refractivity contribution in [1.82, 2.24) is 10.3 Å². The smallest absolute Gasteiger partial charge is 0.255 e. The van der Waals surface area contributed by atoms with Crippen molar-refractivity contribution in [3.05, 3.63) is 22.3 Å². The molecule has 0 radical (unpaired) electrons. The zero-order valence-corrected chi connectivity index (χ0v) is 13.7. The van der Waals surface area contributed by atoms with Crippen LogP contribution in [0.2, 0.25) is 0 Å². The summed E-state index contributed by atoms with van der Waals surface area (Å²) in [7, 11) is 0. The Morgan fingerprint density at radius 1 is 1.33 bits per heavy atom. The highest BCUT2D eigenvalue weighted by Crippen LogP contribution is 2.18. The molecule has 6 nitrogen and oxygen atoms in total. The summed E-state index contributed by atoms with van der Waals surface area (Å²) in [6.45, 7) is 3.31. The second-order valence-corrected chi connectivity index (χ2v) is 5.57. The normalized spacial score (nSPS) is 10.2. The van der Waals surface area contributed by atoms with Crippen molar-refractivity contribution < 1.29 is 9.59 Å². The van der Waals surface area contributed by atoms with E-state index in [1.807, 2.05) is 6.92 Å². The Kier molecular flexibility index (Phi) is 7.74. The number of nitrogens with one attached hydrogen (secondary N) is 2. The molecule has 1 rings (SSSR count). The van der Waals surface area contributed by atoms with Crippen LogP contribution in [0.4, 0.5) is 5.82 Å². The van der Waals surface area contributed by atoms with Gasteiger partial charge in [-0.25, -0.2) is 4.98 Å². The van der Waals surface area contributed by atoms with Crippen LogP contribution in [-0.4, -0.2) is 29.9 Å². The average molecular weight is 357 g/mol. The molecule has 4 N–H and O–H groups in total. The van der Waals surface area contributed by atoms with Gasteiger partial charge in [0.25, 0.3) is 5.91 Å². The molecule has 0 bridgehead atoms. The van der Waals surface area contributed by atoms with Gasteiger partial charge in [0.2, 0.25) is 5.91 Å². The van der Waals surface area contributed by atoms with E-state index in [2.05, 4.69) is 31.5 Å². The topological polar surface area (TPSA) is 97.1 Å². The number of rotatable bonds is 9. The highest BCUT2D eigenvalue weighted by molar-refractivity contribution is 9.10. The quantitative estimate of drug-likeness (QED) is 0.589. The van der Waals surface area contributed by atoms with Crippen molar-refractivity contribution in [2.75, 3.05) is 18.4 Å². The number of carbonyl (C=O) groups is 2. The maximum absolute atomic E-state index is 12.2. The number of hydrogen-bond donors (Lipinski definition) is 3. The van der Waals surface area contributed by atoms with E-state index in [1.165, 1.54) is 0 Å².